The van der Waals surface area contributed by atoms with Crippen LogP contribution < -0.4 is 0 Å². The topological polar surface area (TPSA) is 38.0 Å². The van der Waals surface area contributed by atoms with Crippen LogP contribution in [-0.4, -0.2) is 21.5 Å². The number of hydrogen-bond donors (Lipinski definition) is 1. The van der Waals surface area contributed by atoms with E-state index in [0.29, 0.717) is 6.42 Å². The molecule has 110 valence electrons. The highest BCUT2D eigenvalue weighted by Crippen LogP contribution is 2.15. The monoisotopic (exact) mass is 282 g/mol. The van der Waals surface area contributed by atoms with Gasteiger partial charge in [0, 0.05) is 17.7 Å². The molecular weight excluding hydrogens is 260 g/mol. The third kappa shape index (κ3) is 3.74. The van der Waals surface area contributed by atoms with Crippen molar-refractivity contribution < 1.29 is 5.11 Å². The van der Waals surface area contributed by atoms with Gasteiger partial charge in [0.1, 0.15) is 0 Å². The summed E-state index contributed by atoms with van der Waals surface area (Å²) >= 11 is 0. The Bertz CT molecular complexity index is 657. The summed E-state index contributed by atoms with van der Waals surface area (Å²) in [5, 5.41) is 13.3. The van der Waals surface area contributed by atoms with Gasteiger partial charge >= 0.3 is 0 Å². The summed E-state index contributed by atoms with van der Waals surface area (Å²) in [4.78, 5) is 0. The number of benzene rings is 1. The number of hydrogen-bond acceptors (Lipinski definition) is 2. The van der Waals surface area contributed by atoms with Crippen molar-refractivity contribution in [2.45, 2.75) is 40.2 Å². The van der Waals surface area contributed by atoms with Gasteiger partial charge in [-0.3, -0.25) is 4.68 Å². The van der Waals surface area contributed by atoms with E-state index in [4.69, 9.17) is 5.11 Å². The van der Waals surface area contributed by atoms with Crippen LogP contribution in [0.4, 0.5) is 0 Å². The van der Waals surface area contributed by atoms with Crippen LogP contribution in [0.1, 0.15) is 41.4 Å². The second-order valence-electron chi connectivity index (χ2n) is 5.13. The van der Waals surface area contributed by atoms with E-state index >= 15 is 0 Å². The van der Waals surface area contributed by atoms with E-state index in [1.165, 1.54) is 16.8 Å². The first-order chi connectivity index (χ1) is 10.2. The van der Waals surface area contributed by atoms with Gasteiger partial charge in [-0.25, -0.2) is 0 Å². The van der Waals surface area contributed by atoms with Crippen LogP contribution in [0.5, 0.6) is 0 Å². The van der Waals surface area contributed by atoms with Gasteiger partial charge in [-0.15, -0.1) is 0 Å². The zero-order valence-corrected chi connectivity index (χ0v) is 13.0. The molecule has 2 rings (SSSR count). The summed E-state index contributed by atoms with van der Waals surface area (Å²) < 4.78 is 2.07. The minimum atomic E-state index is 0.114. The fraction of sp³-hybridized carbons (Fsp3) is 0.389. The van der Waals surface area contributed by atoms with Gasteiger partial charge in [0.05, 0.1) is 18.8 Å². The number of rotatable bonds is 4. The first-order valence-electron chi connectivity index (χ1n) is 7.37. The van der Waals surface area contributed by atoms with E-state index in [2.05, 4.69) is 54.5 Å². The lowest BCUT2D eigenvalue weighted by Gasteiger charge is -2.05. The predicted octanol–water partition coefficient (Wildman–Crippen LogP) is 2.84. The summed E-state index contributed by atoms with van der Waals surface area (Å²) in [6.07, 6.45) is 1.55. The lowest BCUT2D eigenvalue weighted by atomic mass is 10.1. The Labute approximate surface area is 126 Å². The van der Waals surface area contributed by atoms with E-state index in [1.54, 1.807) is 0 Å². The summed E-state index contributed by atoms with van der Waals surface area (Å²) in [6.45, 7) is 7.27. The zero-order valence-electron chi connectivity index (χ0n) is 13.0. The molecule has 0 spiro atoms. The standard InChI is InChI=1S/C18H22N2O/c1-4-18-14(2)19-20(15(18)3)13-17-10-8-16(9-11-17)7-5-6-12-21/h8-11,21H,4,6,12-13H2,1-3H3. The molecule has 0 unspecified atom stereocenters. The van der Waals surface area contributed by atoms with Crippen molar-refractivity contribution in [3.8, 4) is 11.8 Å². The molecule has 3 heteroatoms. The van der Waals surface area contributed by atoms with Crippen molar-refractivity contribution in [2.75, 3.05) is 6.61 Å². The molecule has 2 aromatic rings. The summed E-state index contributed by atoms with van der Waals surface area (Å²) in [7, 11) is 0. The Kier molecular flexibility index (Phi) is 5.19. The molecule has 1 aromatic carbocycles. The van der Waals surface area contributed by atoms with Crippen LogP contribution >= 0.6 is 0 Å². The van der Waals surface area contributed by atoms with Gasteiger partial charge in [-0.2, -0.15) is 5.10 Å². The molecular formula is C18H22N2O. The summed E-state index contributed by atoms with van der Waals surface area (Å²) in [6, 6.07) is 8.22. The SMILES string of the molecule is CCc1c(C)nn(Cc2ccc(C#CCCO)cc2)c1C. The lowest BCUT2D eigenvalue weighted by molar-refractivity contribution is 0.305. The van der Waals surface area contributed by atoms with E-state index in [0.717, 1.165) is 24.2 Å². The Morgan fingerprint density at radius 2 is 1.90 bits per heavy atom. The fourth-order valence-electron chi connectivity index (χ4n) is 2.49. The second kappa shape index (κ2) is 7.10. The van der Waals surface area contributed by atoms with Gasteiger partial charge in [0.25, 0.3) is 0 Å². The molecule has 0 aliphatic rings. The minimum absolute atomic E-state index is 0.114. The van der Waals surface area contributed by atoms with Gasteiger partial charge < -0.3 is 5.11 Å². The van der Waals surface area contributed by atoms with Gasteiger partial charge in [0.2, 0.25) is 0 Å². The average molecular weight is 282 g/mol. The number of aliphatic hydroxyl groups is 1. The number of aromatic nitrogens is 2. The molecule has 1 heterocycles. The number of nitrogens with zero attached hydrogens (tertiary/aromatic N) is 2. The van der Waals surface area contributed by atoms with E-state index in [1.807, 2.05) is 12.1 Å². The van der Waals surface area contributed by atoms with E-state index in [-0.39, 0.29) is 6.61 Å². The molecule has 1 N–H and O–H groups in total. The molecule has 3 nitrogen and oxygen atoms in total. The lowest BCUT2D eigenvalue weighted by Crippen LogP contribution is -2.04. The number of aliphatic hydroxyl groups excluding tert-OH is 1. The zero-order chi connectivity index (χ0) is 15.2. The summed E-state index contributed by atoms with van der Waals surface area (Å²) in [5.41, 5.74) is 5.93. The van der Waals surface area contributed by atoms with Crippen molar-refractivity contribution in [1.82, 2.24) is 9.78 Å². The van der Waals surface area contributed by atoms with E-state index in [9.17, 15) is 0 Å². The molecule has 0 radical (unpaired) electrons. The molecule has 0 bridgehead atoms. The summed E-state index contributed by atoms with van der Waals surface area (Å²) in [5.74, 6) is 5.97. The molecule has 0 saturated heterocycles. The van der Waals surface area contributed by atoms with Crippen LogP contribution in [0.2, 0.25) is 0 Å². The van der Waals surface area contributed by atoms with Crippen molar-refractivity contribution in [3.63, 3.8) is 0 Å². The van der Waals surface area contributed by atoms with Crippen molar-refractivity contribution in [2.24, 2.45) is 0 Å². The predicted molar refractivity (Wildman–Crippen MR) is 85.2 cm³/mol. The maximum Gasteiger partial charge on any atom is 0.0662 e. The molecule has 0 atom stereocenters. The quantitative estimate of drug-likeness (QED) is 0.876. The van der Waals surface area contributed by atoms with Crippen LogP contribution in [0.3, 0.4) is 0 Å². The molecule has 0 amide bonds. The molecule has 0 saturated carbocycles. The van der Waals surface area contributed by atoms with Crippen LogP contribution in [-0.2, 0) is 13.0 Å². The number of aryl methyl sites for hydroxylation is 1. The van der Waals surface area contributed by atoms with Crippen molar-refractivity contribution in [3.05, 3.63) is 52.3 Å². The Hall–Kier alpha value is -2.05. The van der Waals surface area contributed by atoms with Gasteiger partial charge in [-0.1, -0.05) is 30.9 Å². The smallest absolute Gasteiger partial charge is 0.0662 e. The maximum absolute atomic E-state index is 8.71. The highest BCUT2D eigenvalue weighted by atomic mass is 16.2. The highest BCUT2D eigenvalue weighted by molar-refractivity contribution is 5.36. The van der Waals surface area contributed by atoms with Crippen LogP contribution in [0.15, 0.2) is 24.3 Å². The normalized spacial score (nSPS) is 10.3. The fourth-order valence-corrected chi connectivity index (χ4v) is 2.49. The largest absolute Gasteiger partial charge is 0.395 e. The van der Waals surface area contributed by atoms with Crippen LogP contribution in [0, 0.1) is 25.7 Å². The van der Waals surface area contributed by atoms with Crippen molar-refractivity contribution in [1.29, 1.82) is 0 Å². The second-order valence-corrected chi connectivity index (χ2v) is 5.13. The molecule has 21 heavy (non-hydrogen) atoms. The molecule has 0 aliphatic carbocycles. The molecule has 0 aliphatic heterocycles. The Balaban J connectivity index is 2.12. The van der Waals surface area contributed by atoms with Crippen molar-refractivity contribution >= 4 is 0 Å². The average Bonchev–Trinajstić information content (AvgIpc) is 2.75. The molecule has 0 fully saturated rings. The third-order valence-electron chi connectivity index (χ3n) is 3.64. The Morgan fingerprint density at radius 1 is 1.19 bits per heavy atom. The van der Waals surface area contributed by atoms with Gasteiger partial charge in [-0.05, 0) is 43.5 Å². The van der Waals surface area contributed by atoms with Crippen LogP contribution in [0.25, 0.3) is 0 Å². The molecule has 1 aromatic heterocycles. The highest BCUT2D eigenvalue weighted by Gasteiger charge is 2.09. The Morgan fingerprint density at radius 3 is 2.48 bits per heavy atom. The third-order valence-corrected chi connectivity index (χ3v) is 3.64. The first kappa shape index (κ1) is 15.3. The first-order valence-corrected chi connectivity index (χ1v) is 7.37. The maximum atomic E-state index is 8.71. The minimum Gasteiger partial charge on any atom is -0.395 e. The van der Waals surface area contributed by atoms with E-state index < -0.39 is 0 Å². The van der Waals surface area contributed by atoms with Gasteiger partial charge in [0.15, 0.2) is 0 Å².